The van der Waals surface area contributed by atoms with E-state index in [0.29, 0.717) is 11.8 Å². The minimum atomic E-state index is -0.816. The van der Waals surface area contributed by atoms with Crippen molar-refractivity contribution >= 4 is 15.9 Å². The third-order valence-electron chi connectivity index (χ3n) is 7.66. The molecule has 6 nitrogen and oxygen atoms in total. The number of nitriles is 1. The van der Waals surface area contributed by atoms with E-state index in [1.165, 1.54) is 0 Å². The van der Waals surface area contributed by atoms with Crippen LogP contribution in [-0.4, -0.2) is 24.0 Å². The van der Waals surface area contributed by atoms with Crippen LogP contribution in [-0.2, 0) is 24.0 Å². The van der Waals surface area contributed by atoms with Crippen LogP contribution in [0.3, 0.4) is 0 Å². The third kappa shape index (κ3) is 3.16. The Morgan fingerprint density at radius 1 is 1.13 bits per heavy atom. The Balaban J connectivity index is 1.45. The molecule has 0 N–H and O–H groups in total. The van der Waals surface area contributed by atoms with E-state index >= 15 is 0 Å². The summed E-state index contributed by atoms with van der Waals surface area (Å²) < 4.78 is 20.0. The Hall–Kier alpha value is -1.01. The second-order valence-corrected chi connectivity index (χ2v) is 10.4. The van der Waals surface area contributed by atoms with Gasteiger partial charge < -0.3 is 14.2 Å². The van der Waals surface area contributed by atoms with Crippen molar-refractivity contribution in [2.24, 2.45) is 23.7 Å². The first kappa shape index (κ1) is 20.9. The van der Waals surface area contributed by atoms with Crippen molar-refractivity contribution in [3.8, 4) is 6.07 Å². The number of halogens is 1. The Morgan fingerprint density at radius 3 is 2.63 bits per heavy atom. The van der Waals surface area contributed by atoms with E-state index in [-0.39, 0.29) is 11.8 Å². The molecule has 2 bridgehead atoms. The molecule has 4 aliphatic heterocycles. The lowest BCUT2D eigenvalue weighted by atomic mass is 9.58. The van der Waals surface area contributed by atoms with Crippen LogP contribution in [0.25, 0.3) is 0 Å². The molecule has 0 unspecified atom stereocenters. The number of ether oxygens (including phenoxy) is 3. The average molecular weight is 478 g/mol. The van der Waals surface area contributed by atoms with Crippen molar-refractivity contribution in [3.05, 3.63) is 34.3 Å². The van der Waals surface area contributed by atoms with Gasteiger partial charge in [0.05, 0.1) is 6.07 Å². The van der Waals surface area contributed by atoms with Crippen LogP contribution in [0.5, 0.6) is 0 Å². The summed E-state index contributed by atoms with van der Waals surface area (Å²) in [6.45, 7) is 6.34. The Kier molecular flexibility index (Phi) is 5.25. The van der Waals surface area contributed by atoms with Crippen molar-refractivity contribution < 1.29 is 24.0 Å². The number of fused-ring (bicyclic) bond motifs is 2. The normalized spacial score (nSPS) is 45.8. The molecule has 162 valence electrons. The molecule has 6 rings (SSSR count). The molecule has 4 heterocycles. The number of hydrogen-bond donors (Lipinski definition) is 0. The number of benzene rings is 1. The molecule has 1 aliphatic carbocycles. The van der Waals surface area contributed by atoms with Gasteiger partial charge in [-0.3, -0.25) is 0 Å². The van der Waals surface area contributed by atoms with Crippen molar-refractivity contribution in [1.29, 1.82) is 5.26 Å². The Morgan fingerprint density at radius 2 is 1.90 bits per heavy atom. The molecule has 1 saturated carbocycles. The molecule has 0 radical (unpaired) electrons. The van der Waals surface area contributed by atoms with Gasteiger partial charge in [-0.2, -0.15) is 5.26 Å². The first-order valence-electron chi connectivity index (χ1n) is 10.9. The lowest BCUT2D eigenvalue weighted by Gasteiger charge is -2.60. The summed E-state index contributed by atoms with van der Waals surface area (Å²) in [6, 6.07) is 9.90. The van der Waals surface area contributed by atoms with Crippen LogP contribution in [0.1, 0.15) is 58.1 Å². The lowest BCUT2D eigenvalue weighted by Crippen LogP contribution is -2.70. The molecule has 5 aliphatic rings. The van der Waals surface area contributed by atoms with Gasteiger partial charge >= 0.3 is 0 Å². The lowest BCUT2D eigenvalue weighted by molar-refractivity contribution is -0.578. The summed E-state index contributed by atoms with van der Waals surface area (Å²) in [5, 5.41) is 9.78. The van der Waals surface area contributed by atoms with Gasteiger partial charge in [0.25, 0.3) is 0 Å². The summed E-state index contributed by atoms with van der Waals surface area (Å²) in [5.41, 5.74) is 0.189. The van der Waals surface area contributed by atoms with E-state index < -0.39 is 30.1 Å². The van der Waals surface area contributed by atoms with Crippen molar-refractivity contribution in [1.82, 2.24) is 0 Å². The third-order valence-corrected chi connectivity index (χ3v) is 8.19. The summed E-state index contributed by atoms with van der Waals surface area (Å²) in [6.07, 6.45) is 2.06. The molecule has 1 aromatic carbocycles. The molecule has 5 fully saturated rings. The Labute approximate surface area is 185 Å². The zero-order chi connectivity index (χ0) is 21.1. The average Bonchev–Trinajstić information content (AvgIpc) is 2.96. The molecule has 4 saturated heterocycles. The highest BCUT2D eigenvalue weighted by Crippen LogP contribution is 2.60. The fourth-order valence-electron chi connectivity index (χ4n) is 5.98. The summed E-state index contributed by atoms with van der Waals surface area (Å²) in [5.74, 6) is 0.223. The topological polar surface area (TPSA) is 69.9 Å². The highest BCUT2D eigenvalue weighted by molar-refractivity contribution is 9.10. The maximum Gasteiger partial charge on any atom is 0.201 e. The zero-order valence-corrected chi connectivity index (χ0v) is 19.1. The molecule has 7 heteroatoms. The van der Waals surface area contributed by atoms with Gasteiger partial charge in [-0.1, -0.05) is 41.9 Å². The summed E-state index contributed by atoms with van der Waals surface area (Å²) >= 11 is 3.44. The molecular formula is C23H28BrNO5. The van der Waals surface area contributed by atoms with Gasteiger partial charge in [0.2, 0.25) is 5.79 Å². The maximum absolute atomic E-state index is 9.78. The minimum Gasteiger partial charge on any atom is -0.329 e. The van der Waals surface area contributed by atoms with Crippen LogP contribution in [0.15, 0.2) is 28.7 Å². The van der Waals surface area contributed by atoms with E-state index in [1.807, 2.05) is 31.2 Å². The predicted molar refractivity (Wildman–Crippen MR) is 110 cm³/mol. The highest BCUT2D eigenvalue weighted by Gasteiger charge is 2.69. The van der Waals surface area contributed by atoms with Gasteiger partial charge in [-0.05, 0) is 55.7 Å². The van der Waals surface area contributed by atoms with Gasteiger partial charge in [-0.25, -0.2) is 9.78 Å². The van der Waals surface area contributed by atoms with Gasteiger partial charge in [0.15, 0.2) is 24.3 Å². The quantitative estimate of drug-likeness (QED) is 0.554. The van der Waals surface area contributed by atoms with E-state index in [9.17, 15) is 5.26 Å². The largest absolute Gasteiger partial charge is 0.329 e. The molecule has 1 spiro atoms. The SMILES string of the molecule is C[C@H]1[C@@H](O[C@@H](C#N)c2ccc(Br)cc2)O[C@H]2O[C@@]3(C)CC[C@H]4[C@H](C)CC[C@@H]1[C@@]24OO3. The predicted octanol–water partition coefficient (Wildman–Crippen LogP) is 5.24. The molecular weight excluding hydrogens is 450 g/mol. The Bertz CT molecular complexity index is 843. The van der Waals surface area contributed by atoms with E-state index in [1.54, 1.807) is 0 Å². The van der Waals surface area contributed by atoms with E-state index in [0.717, 1.165) is 35.7 Å². The van der Waals surface area contributed by atoms with Crippen LogP contribution < -0.4 is 0 Å². The van der Waals surface area contributed by atoms with Crippen LogP contribution in [0.2, 0.25) is 0 Å². The molecule has 1 aromatic rings. The zero-order valence-electron chi connectivity index (χ0n) is 17.5. The highest BCUT2D eigenvalue weighted by atomic mass is 79.9. The van der Waals surface area contributed by atoms with Crippen LogP contribution in [0.4, 0.5) is 0 Å². The van der Waals surface area contributed by atoms with Gasteiger partial charge in [0, 0.05) is 22.7 Å². The number of rotatable bonds is 3. The van der Waals surface area contributed by atoms with Gasteiger partial charge in [0.1, 0.15) is 0 Å². The van der Waals surface area contributed by atoms with Crippen LogP contribution >= 0.6 is 15.9 Å². The summed E-state index contributed by atoms with van der Waals surface area (Å²) in [4.78, 5) is 12.0. The van der Waals surface area contributed by atoms with E-state index in [4.69, 9.17) is 24.0 Å². The van der Waals surface area contributed by atoms with Gasteiger partial charge in [-0.15, -0.1) is 0 Å². The minimum absolute atomic E-state index is 0.0391. The molecule has 0 aromatic heterocycles. The van der Waals surface area contributed by atoms with Crippen molar-refractivity contribution in [2.75, 3.05) is 0 Å². The fraction of sp³-hybridized carbons (Fsp3) is 0.696. The monoisotopic (exact) mass is 477 g/mol. The smallest absolute Gasteiger partial charge is 0.201 e. The maximum atomic E-state index is 9.78. The fourth-order valence-corrected chi connectivity index (χ4v) is 6.25. The second-order valence-electron chi connectivity index (χ2n) is 9.47. The molecule has 9 atom stereocenters. The second kappa shape index (κ2) is 7.54. The number of nitrogens with zero attached hydrogens (tertiary/aromatic N) is 1. The van der Waals surface area contributed by atoms with Crippen molar-refractivity contribution in [2.45, 2.75) is 76.5 Å². The van der Waals surface area contributed by atoms with Crippen LogP contribution in [0, 0.1) is 35.0 Å². The standard InChI is InChI=1S/C23H28BrNO5/c1-13-4-9-18-14(2)20(26-19(12-25)15-5-7-16(24)8-6-15)27-21-23(18)17(13)10-11-22(3,28-21)29-30-23/h5-8,13-14,17-21H,4,9-11H2,1-3H3/t13-,14-,17+,18+,19+,20+,21+,22-,23-/m1/s1. The molecule has 0 amide bonds. The first-order chi connectivity index (χ1) is 14.4. The molecule has 30 heavy (non-hydrogen) atoms. The van der Waals surface area contributed by atoms with Crippen molar-refractivity contribution in [3.63, 3.8) is 0 Å². The summed E-state index contributed by atoms with van der Waals surface area (Å²) in [7, 11) is 0. The number of hydrogen-bond acceptors (Lipinski definition) is 6. The first-order valence-corrected chi connectivity index (χ1v) is 11.7. The van der Waals surface area contributed by atoms with E-state index in [2.05, 4.69) is 35.8 Å².